The van der Waals surface area contributed by atoms with Crippen LogP contribution in [-0.4, -0.2) is 37.4 Å². The average molecular weight is 256 g/mol. The second kappa shape index (κ2) is 5.47. The van der Waals surface area contributed by atoms with Crippen molar-refractivity contribution in [3.63, 3.8) is 0 Å². The Labute approximate surface area is 104 Å². The quantitative estimate of drug-likeness (QED) is 0.605. The molecule has 2 heterocycles. The first kappa shape index (κ1) is 13.0. The topological polar surface area (TPSA) is 86.8 Å². The fourth-order valence-electron chi connectivity index (χ4n) is 1.93. The molecule has 0 aromatic carbocycles. The Morgan fingerprint density at radius 1 is 1.61 bits per heavy atom. The van der Waals surface area contributed by atoms with Crippen molar-refractivity contribution in [3.05, 3.63) is 28.0 Å². The summed E-state index contributed by atoms with van der Waals surface area (Å²) in [6.45, 7) is 2.31. The number of methoxy groups -OCH3 is 1. The summed E-state index contributed by atoms with van der Waals surface area (Å²) in [4.78, 5) is 9.90. The van der Waals surface area contributed by atoms with Crippen LogP contribution in [0.2, 0.25) is 0 Å². The first-order chi connectivity index (χ1) is 8.65. The molecule has 7 heteroatoms. The van der Waals surface area contributed by atoms with E-state index in [4.69, 9.17) is 13.9 Å². The van der Waals surface area contributed by atoms with Gasteiger partial charge in [0.15, 0.2) is 0 Å². The first-order valence-electron chi connectivity index (χ1n) is 5.72. The molecular formula is C11H16N2O5. The third kappa shape index (κ3) is 2.87. The largest absolute Gasteiger partial charge is 0.433 e. The molecule has 1 unspecified atom stereocenters. The summed E-state index contributed by atoms with van der Waals surface area (Å²) >= 11 is 0. The third-order valence-electron chi connectivity index (χ3n) is 3.07. The molecule has 0 radical (unpaired) electrons. The van der Waals surface area contributed by atoms with Gasteiger partial charge < -0.3 is 19.2 Å². The van der Waals surface area contributed by atoms with E-state index in [2.05, 4.69) is 5.32 Å². The number of nitrogens with one attached hydrogen (secondary N) is 1. The molecule has 1 fully saturated rings. The lowest BCUT2D eigenvalue weighted by Crippen LogP contribution is -2.42. The lowest BCUT2D eigenvalue weighted by atomic mass is 10.0. The summed E-state index contributed by atoms with van der Waals surface area (Å²) in [6.07, 6.45) is 0.842. The van der Waals surface area contributed by atoms with E-state index < -0.39 is 4.92 Å². The standard InChI is InChI=1S/C11H16N2O5/c1-16-11(4-5-17-8-11)7-12-6-9-2-3-10(18-9)13(14)15/h2-3,12H,4-8H2,1H3. The van der Waals surface area contributed by atoms with Gasteiger partial charge in [0.1, 0.15) is 16.3 Å². The molecule has 1 aliphatic rings. The molecule has 7 nitrogen and oxygen atoms in total. The van der Waals surface area contributed by atoms with E-state index in [0.717, 1.165) is 6.42 Å². The van der Waals surface area contributed by atoms with Crippen LogP contribution in [0, 0.1) is 10.1 Å². The normalized spacial score (nSPS) is 23.4. The van der Waals surface area contributed by atoms with Gasteiger partial charge in [0, 0.05) is 26.7 Å². The maximum absolute atomic E-state index is 10.4. The summed E-state index contributed by atoms with van der Waals surface area (Å²) in [5.74, 6) is 0.296. The Kier molecular flexibility index (Phi) is 3.95. The van der Waals surface area contributed by atoms with Gasteiger partial charge in [0.2, 0.25) is 0 Å². The monoisotopic (exact) mass is 256 g/mol. The minimum atomic E-state index is -0.551. The number of ether oxygens (including phenoxy) is 2. The van der Waals surface area contributed by atoms with Gasteiger partial charge in [-0.05, 0) is 6.07 Å². The maximum atomic E-state index is 10.4. The third-order valence-corrected chi connectivity index (χ3v) is 3.07. The highest BCUT2D eigenvalue weighted by molar-refractivity contribution is 5.17. The Morgan fingerprint density at radius 2 is 2.44 bits per heavy atom. The van der Waals surface area contributed by atoms with Gasteiger partial charge in [-0.1, -0.05) is 0 Å². The molecule has 18 heavy (non-hydrogen) atoms. The predicted octanol–water partition coefficient (Wildman–Crippen LogP) is 1.08. The Morgan fingerprint density at radius 3 is 3.00 bits per heavy atom. The minimum Gasteiger partial charge on any atom is -0.404 e. The van der Waals surface area contributed by atoms with Crippen molar-refractivity contribution >= 4 is 5.88 Å². The molecule has 0 bridgehead atoms. The molecule has 0 saturated carbocycles. The number of hydrogen-bond donors (Lipinski definition) is 1. The highest BCUT2D eigenvalue weighted by Crippen LogP contribution is 2.22. The molecular weight excluding hydrogens is 240 g/mol. The fraction of sp³-hybridized carbons (Fsp3) is 0.636. The lowest BCUT2D eigenvalue weighted by Gasteiger charge is -2.25. The van der Waals surface area contributed by atoms with Crippen LogP contribution in [0.3, 0.4) is 0 Å². The minimum absolute atomic E-state index is 0.238. The summed E-state index contributed by atoms with van der Waals surface area (Å²) in [7, 11) is 1.66. The number of nitrogens with zero attached hydrogens (tertiary/aromatic N) is 1. The summed E-state index contributed by atoms with van der Waals surface area (Å²) in [6, 6.07) is 2.94. The van der Waals surface area contributed by atoms with E-state index in [1.165, 1.54) is 6.07 Å². The van der Waals surface area contributed by atoms with Crippen LogP contribution in [0.5, 0.6) is 0 Å². The number of hydrogen-bond acceptors (Lipinski definition) is 6. The van der Waals surface area contributed by atoms with Gasteiger partial charge in [0.25, 0.3) is 0 Å². The second-order valence-electron chi connectivity index (χ2n) is 4.29. The molecule has 0 spiro atoms. The molecule has 1 aromatic rings. The van der Waals surface area contributed by atoms with Crippen LogP contribution in [0.25, 0.3) is 0 Å². The van der Waals surface area contributed by atoms with Crippen LogP contribution in [0.1, 0.15) is 12.2 Å². The van der Waals surface area contributed by atoms with Gasteiger partial charge in [-0.15, -0.1) is 0 Å². The molecule has 1 saturated heterocycles. The highest BCUT2D eigenvalue weighted by Gasteiger charge is 2.34. The van der Waals surface area contributed by atoms with Gasteiger partial charge in [-0.3, -0.25) is 10.1 Å². The molecule has 1 aromatic heterocycles. The van der Waals surface area contributed by atoms with Gasteiger partial charge in [-0.25, -0.2) is 0 Å². The van der Waals surface area contributed by atoms with Crippen LogP contribution in [-0.2, 0) is 16.0 Å². The SMILES string of the molecule is COC1(CNCc2ccc([N+](=O)[O-])o2)CCOC1. The smallest absolute Gasteiger partial charge is 0.404 e. The van der Waals surface area contributed by atoms with Crippen molar-refractivity contribution in [1.29, 1.82) is 0 Å². The van der Waals surface area contributed by atoms with Crippen molar-refractivity contribution in [2.24, 2.45) is 0 Å². The summed E-state index contributed by atoms with van der Waals surface area (Å²) in [5, 5.41) is 13.6. The van der Waals surface area contributed by atoms with E-state index in [0.29, 0.717) is 32.1 Å². The highest BCUT2D eigenvalue weighted by atomic mass is 16.6. The number of furan rings is 1. The van der Waals surface area contributed by atoms with E-state index in [1.807, 2.05) is 0 Å². The summed E-state index contributed by atoms with van der Waals surface area (Å²) < 4.78 is 15.8. The van der Waals surface area contributed by atoms with Crippen molar-refractivity contribution in [1.82, 2.24) is 5.32 Å². The predicted molar refractivity (Wildman–Crippen MR) is 62.2 cm³/mol. The fourth-order valence-corrected chi connectivity index (χ4v) is 1.93. The van der Waals surface area contributed by atoms with Gasteiger partial charge in [-0.2, -0.15) is 0 Å². The van der Waals surface area contributed by atoms with Crippen molar-refractivity contribution in [3.8, 4) is 0 Å². The summed E-state index contributed by atoms with van der Waals surface area (Å²) in [5.41, 5.74) is -0.293. The van der Waals surface area contributed by atoms with E-state index >= 15 is 0 Å². The Balaban J connectivity index is 1.82. The van der Waals surface area contributed by atoms with Crippen molar-refractivity contribution in [2.75, 3.05) is 26.9 Å². The second-order valence-corrected chi connectivity index (χ2v) is 4.29. The number of rotatable bonds is 6. The van der Waals surface area contributed by atoms with Crippen molar-refractivity contribution in [2.45, 2.75) is 18.6 Å². The van der Waals surface area contributed by atoms with Crippen LogP contribution >= 0.6 is 0 Å². The average Bonchev–Trinajstić information content (AvgIpc) is 2.98. The number of nitro groups is 1. The van der Waals surface area contributed by atoms with Crippen LogP contribution in [0.15, 0.2) is 16.5 Å². The lowest BCUT2D eigenvalue weighted by molar-refractivity contribution is -0.402. The van der Waals surface area contributed by atoms with Gasteiger partial charge in [0.05, 0.1) is 19.2 Å². The molecule has 2 rings (SSSR count). The molecule has 1 atom stereocenters. The zero-order valence-corrected chi connectivity index (χ0v) is 10.2. The van der Waals surface area contributed by atoms with Gasteiger partial charge >= 0.3 is 5.88 Å². The van der Waals surface area contributed by atoms with Crippen molar-refractivity contribution < 1.29 is 18.8 Å². The molecule has 0 amide bonds. The van der Waals surface area contributed by atoms with E-state index in [1.54, 1.807) is 13.2 Å². The van der Waals surface area contributed by atoms with Crippen LogP contribution in [0.4, 0.5) is 5.88 Å². The maximum Gasteiger partial charge on any atom is 0.433 e. The molecule has 100 valence electrons. The zero-order valence-electron chi connectivity index (χ0n) is 10.2. The van der Waals surface area contributed by atoms with E-state index in [9.17, 15) is 10.1 Å². The Bertz CT molecular complexity index is 411. The van der Waals surface area contributed by atoms with Crippen LogP contribution < -0.4 is 5.32 Å². The zero-order chi connectivity index (χ0) is 13.0. The molecule has 1 aliphatic heterocycles. The molecule has 1 N–H and O–H groups in total. The Hall–Kier alpha value is -1.44. The first-order valence-corrected chi connectivity index (χ1v) is 5.72. The molecule has 0 aliphatic carbocycles. The van der Waals surface area contributed by atoms with E-state index in [-0.39, 0.29) is 11.5 Å².